The average Bonchev–Trinajstić information content (AvgIpc) is 2.31. The number of carbonyl (C=O) groups is 1. The smallest absolute Gasteiger partial charge is 0.407 e. The number of hydrogen-bond acceptors (Lipinski definition) is 3. The number of cyclic esters (lactones) is 1. The Bertz CT molecular complexity index is 198. The summed E-state index contributed by atoms with van der Waals surface area (Å²) in [6, 6.07) is 0. The van der Waals surface area contributed by atoms with E-state index in [1.165, 1.54) is 0 Å². The second-order valence-corrected chi connectivity index (χ2v) is 3.47. The summed E-state index contributed by atoms with van der Waals surface area (Å²) in [5.74, 6) is 0. The van der Waals surface area contributed by atoms with E-state index >= 15 is 0 Å². The molecule has 1 saturated carbocycles. The Hall–Kier alpha value is -0.770. The zero-order valence-electron chi connectivity index (χ0n) is 7.13. The first-order valence-electron chi connectivity index (χ1n) is 4.31. The summed E-state index contributed by atoms with van der Waals surface area (Å²) < 4.78 is 10.2. The van der Waals surface area contributed by atoms with Gasteiger partial charge in [-0.1, -0.05) is 0 Å². The Labute approximate surface area is 71.2 Å². The lowest BCUT2D eigenvalue weighted by molar-refractivity contribution is -0.0464. The van der Waals surface area contributed by atoms with Crippen molar-refractivity contribution in [3.8, 4) is 0 Å². The summed E-state index contributed by atoms with van der Waals surface area (Å²) in [7, 11) is 0. The zero-order chi connectivity index (χ0) is 8.60. The molecule has 1 aliphatic carbocycles. The van der Waals surface area contributed by atoms with Crippen molar-refractivity contribution in [3.63, 3.8) is 0 Å². The Kier molecular flexibility index (Phi) is 1.72. The van der Waals surface area contributed by atoms with Gasteiger partial charge in [0.1, 0.15) is 6.61 Å². The second kappa shape index (κ2) is 2.62. The van der Waals surface area contributed by atoms with E-state index in [-0.39, 0.29) is 11.6 Å². The molecule has 0 unspecified atom stereocenters. The van der Waals surface area contributed by atoms with Crippen molar-refractivity contribution in [2.24, 2.45) is 0 Å². The summed E-state index contributed by atoms with van der Waals surface area (Å²) in [5, 5.41) is 2.81. The van der Waals surface area contributed by atoms with Gasteiger partial charge in [-0.05, 0) is 6.92 Å². The standard InChI is InChI=1S/C8H13NO3/c1-2-11-6-3-8(4-6)5-12-7(10)9-8/h6H,2-5H2,1H3,(H,9,10). The van der Waals surface area contributed by atoms with E-state index in [0.717, 1.165) is 19.4 Å². The molecule has 1 amide bonds. The number of amides is 1. The summed E-state index contributed by atoms with van der Waals surface area (Å²) >= 11 is 0. The van der Waals surface area contributed by atoms with Crippen LogP contribution >= 0.6 is 0 Å². The van der Waals surface area contributed by atoms with E-state index in [1.54, 1.807) is 0 Å². The molecule has 1 aliphatic heterocycles. The van der Waals surface area contributed by atoms with Gasteiger partial charge in [0.25, 0.3) is 0 Å². The monoisotopic (exact) mass is 171 g/mol. The summed E-state index contributed by atoms with van der Waals surface area (Å²) in [4.78, 5) is 10.7. The normalized spacial score (nSPS) is 39.1. The van der Waals surface area contributed by atoms with Crippen LogP contribution < -0.4 is 5.32 Å². The predicted molar refractivity (Wildman–Crippen MR) is 41.9 cm³/mol. The van der Waals surface area contributed by atoms with Crippen molar-refractivity contribution in [2.75, 3.05) is 13.2 Å². The van der Waals surface area contributed by atoms with Gasteiger partial charge in [0.05, 0.1) is 11.6 Å². The lowest BCUT2D eigenvalue weighted by atomic mass is 9.75. The number of carbonyl (C=O) groups excluding carboxylic acids is 1. The van der Waals surface area contributed by atoms with E-state index in [0.29, 0.717) is 12.7 Å². The molecule has 4 heteroatoms. The fourth-order valence-electron chi connectivity index (χ4n) is 1.88. The Balaban J connectivity index is 1.83. The predicted octanol–water partition coefficient (Wildman–Crippen LogP) is 0.664. The molecule has 0 radical (unpaired) electrons. The molecule has 2 aliphatic rings. The molecule has 1 heterocycles. The van der Waals surface area contributed by atoms with E-state index in [4.69, 9.17) is 9.47 Å². The molecule has 68 valence electrons. The third kappa shape index (κ3) is 1.16. The molecule has 0 atom stereocenters. The highest BCUT2D eigenvalue weighted by Gasteiger charge is 2.50. The molecule has 0 aromatic rings. The minimum atomic E-state index is -0.287. The Morgan fingerprint density at radius 1 is 1.75 bits per heavy atom. The van der Waals surface area contributed by atoms with Gasteiger partial charge in [0.2, 0.25) is 0 Å². The van der Waals surface area contributed by atoms with Crippen LogP contribution in [0.5, 0.6) is 0 Å². The van der Waals surface area contributed by atoms with Crippen LogP contribution in [-0.2, 0) is 9.47 Å². The van der Waals surface area contributed by atoms with E-state index in [9.17, 15) is 4.79 Å². The van der Waals surface area contributed by atoms with Gasteiger partial charge in [0.15, 0.2) is 0 Å². The first-order chi connectivity index (χ1) is 5.74. The van der Waals surface area contributed by atoms with Crippen molar-refractivity contribution in [1.29, 1.82) is 0 Å². The van der Waals surface area contributed by atoms with Crippen LogP contribution in [0.3, 0.4) is 0 Å². The minimum absolute atomic E-state index is 0.0864. The third-order valence-corrected chi connectivity index (χ3v) is 2.49. The van der Waals surface area contributed by atoms with Gasteiger partial charge in [-0.2, -0.15) is 0 Å². The molecule has 4 nitrogen and oxygen atoms in total. The summed E-state index contributed by atoms with van der Waals surface area (Å²) in [6.07, 6.45) is 1.82. The van der Waals surface area contributed by atoms with Gasteiger partial charge >= 0.3 is 6.09 Å². The summed E-state index contributed by atoms with van der Waals surface area (Å²) in [5.41, 5.74) is -0.0864. The van der Waals surface area contributed by atoms with Gasteiger partial charge in [-0.3, -0.25) is 0 Å². The third-order valence-electron chi connectivity index (χ3n) is 2.49. The maximum atomic E-state index is 10.7. The topological polar surface area (TPSA) is 47.6 Å². The van der Waals surface area contributed by atoms with Gasteiger partial charge in [-0.25, -0.2) is 4.79 Å². The van der Waals surface area contributed by atoms with Gasteiger partial charge < -0.3 is 14.8 Å². The largest absolute Gasteiger partial charge is 0.447 e. The van der Waals surface area contributed by atoms with Crippen molar-refractivity contribution >= 4 is 6.09 Å². The summed E-state index contributed by atoms with van der Waals surface area (Å²) in [6.45, 7) is 3.24. The molecule has 0 aromatic carbocycles. The highest BCUT2D eigenvalue weighted by molar-refractivity contribution is 5.71. The molecular formula is C8H13NO3. The van der Waals surface area contributed by atoms with Crippen LogP contribution in [-0.4, -0.2) is 30.9 Å². The lowest BCUT2D eigenvalue weighted by Gasteiger charge is -2.42. The minimum Gasteiger partial charge on any atom is -0.447 e. The van der Waals surface area contributed by atoms with Crippen LogP contribution in [0, 0.1) is 0 Å². The number of ether oxygens (including phenoxy) is 2. The Morgan fingerprint density at radius 3 is 3.00 bits per heavy atom. The van der Waals surface area contributed by atoms with E-state index in [2.05, 4.69) is 5.32 Å². The van der Waals surface area contributed by atoms with Crippen LogP contribution in [0.4, 0.5) is 4.79 Å². The molecule has 0 aromatic heterocycles. The first kappa shape index (κ1) is 7.86. The quantitative estimate of drug-likeness (QED) is 0.664. The van der Waals surface area contributed by atoms with Crippen molar-refractivity contribution in [1.82, 2.24) is 5.32 Å². The van der Waals surface area contributed by atoms with E-state index in [1.807, 2.05) is 6.92 Å². The molecule has 1 saturated heterocycles. The number of rotatable bonds is 2. The highest BCUT2D eigenvalue weighted by atomic mass is 16.6. The number of nitrogens with one attached hydrogen (secondary N) is 1. The van der Waals surface area contributed by atoms with Crippen molar-refractivity contribution in [3.05, 3.63) is 0 Å². The second-order valence-electron chi connectivity index (χ2n) is 3.47. The fraction of sp³-hybridized carbons (Fsp3) is 0.875. The van der Waals surface area contributed by atoms with E-state index < -0.39 is 0 Å². The maximum absolute atomic E-state index is 10.7. The van der Waals surface area contributed by atoms with Crippen LogP contribution in [0.25, 0.3) is 0 Å². The fourth-order valence-corrected chi connectivity index (χ4v) is 1.88. The SMILES string of the molecule is CCOC1CC2(COC(=O)N2)C1. The Morgan fingerprint density at radius 2 is 2.50 bits per heavy atom. The first-order valence-corrected chi connectivity index (χ1v) is 4.31. The lowest BCUT2D eigenvalue weighted by Crippen LogP contribution is -2.57. The molecule has 1 N–H and O–H groups in total. The molecule has 2 fully saturated rings. The van der Waals surface area contributed by atoms with Crippen LogP contribution in [0.2, 0.25) is 0 Å². The molecule has 2 rings (SSSR count). The molecule has 12 heavy (non-hydrogen) atoms. The van der Waals surface area contributed by atoms with Gasteiger partial charge in [-0.15, -0.1) is 0 Å². The van der Waals surface area contributed by atoms with Crippen LogP contribution in [0.15, 0.2) is 0 Å². The molecule has 1 spiro atoms. The highest BCUT2D eigenvalue weighted by Crippen LogP contribution is 2.37. The average molecular weight is 171 g/mol. The number of hydrogen-bond donors (Lipinski definition) is 1. The van der Waals surface area contributed by atoms with Crippen LogP contribution in [0.1, 0.15) is 19.8 Å². The number of alkyl carbamates (subject to hydrolysis) is 1. The zero-order valence-corrected chi connectivity index (χ0v) is 7.13. The van der Waals surface area contributed by atoms with Crippen molar-refractivity contribution in [2.45, 2.75) is 31.4 Å². The maximum Gasteiger partial charge on any atom is 0.407 e. The molecular weight excluding hydrogens is 158 g/mol. The van der Waals surface area contributed by atoms with Gasteiger partial charge in [0, 0.05) is 19.4 Å². The van der Waals surface area contributed by atoms with Crippen molar-refractivity contribution < 1.29 is 14.3 Å². The molecule has 0 bridgehead atoms.